The molecule has 4 aliphatic rings. The summed E-state index contributed by atoms with van der Waals surface area (Å²) in [6.07, 6.45) is 0.798. The first-order valence-corrected chi connectivity index (χ1v) is 18.3. The molecule has 4 aliphatic heterocycles. The molecular weight excluding hydrogens is 703 g/mol. The molecule has 1 atom stereocenters. The summed E-state index contributed by atoms with van der Waals surface area (Å²) in [7, 11) is 0. The topological polar surface area (TPSA) is 139 Å². The van der Waals surface area contributed by atoms with E-state index in [1.54, 1.807) is 24.3 Å². The van der Waals surface area contributed by atoms with Gasteiger partial charge in [0.05, 0.1) is 34.9 Å². The lowest BCUT2D eigenvalue weighted by molar-refractivity contribution is -0.138. The summed E-state index contributed by atoms with van der Waals surface area (Å²) in [5, 5.41) is 11.3. The fourth-order valence-corrected chi connectivity index (χ4v) is 7.75. The summed E-state index contributed by atoms with van der Waals surface area (Å²) in [6, 6.07) is 13.6. The lowest BCUT2D eigenvalue weighted by Gasteiger charge is -2.36. The Hall–Kier alpha value is -5.49. The van der Waals surface area contributed by atoms with E-state index in [1.807, 2.05) is 29.3 Å². The number of rotatable bonds is 10. The van der Waals surface area contributed by atoms with Gasteiger partial charge in [-0.3, -0.25) is 34.3 Å². The van der Waals surface area contributed by atoms with Crippen molar-refractivity contribution in [3.8, 4) is 11.9 Å². The third kappa shape index (κ3) is 7.75. The van der Waals surface area contributed by atoms with Gasteiger partial charge in [-0.05, 0) is 86.5 Å². The van der Waals surface area contributed by atoms with Gasteiger partial charge in [0.1, 0.15) is 6.04 Å². The van der Waals surface area contributed by atoms with E-state index in [4.69, 9.17) is 10.00 Å². The number of imide groups is 2. The molecule has 0 spiro atoms. The molecule has 0 aliphatic carbocycles. The second kappa shape index (κ2) is 15.5. The standard InChI is InChI=1S/C39H40F3N7O5/c40-39(41,42)32-22-29(5-3-26(32)23-43)47-14-11-25(12-15-47)27-4-10-35(44-24-27)54-20-2-1-13-46-16-18-48(19-17-46)28-6-7-30-31(21-28)38(53)49(37(30)52)33-8-9-34(50)45-36(33)51/h3-7,10,21-22,24-25,33H,1-2,8-9,11-20H2,(H,45,50,51). The number of piperidine rings is 2. The molecule has 3 fully saturated rings. The molecule has 1 N–H and O–H groups in total. The summed E-state index contributed by atoms with van der Waals surface area (Å²) in [5.74, 6) is -1.25. The number of aromatic nitrogens is 1. The van der Waals surface area contributed by atoms with Crippen LogP contribution in [0.15, 0.2) is 54.7 Å². The molecular formula is C39H40F3N7O5. The minimum atomic E-state index is -4.58. The Morgan fingerprint density at radius 3 is 2.22 bits per heavy atom. The molecule has 1 aromatic heterocycles. The molecule has 2 aromatic carbocycles. The number of unbranched alkanes of at least 4 members (excludes halogenated alkanes) is 1. The zero-order chi connectivity index (χ0) is 38.0. The number of nitrogens with one attached hydrogen (secondary N) is 1. The van der Waals surface area contributed by atoms with Gasteiger partial charge in [0.25, 0.3) is 11.8 Å². The van der Waals surface area contributed by atoms with Crippen LogP contribution in [0.5, 0.6) is 5.88 Å². The molecule has 15 heteroatoms. The SMILES string of the molecule is N#Cc1ccc(N2CCC(c3ccc(OCCCCN4CCN(c5ccc6c(c5)C(=O)N(C5CCC(=O)NC5=O)C6=O)CC4)nc3)CC2)cc1C(F)(F)F. The van der Waals surface area contributed by atoms with Gasteiger partial charge in [0.2, 0.25) is 17.7 Å². The smallest absolute Gasteiger partial charge is 0.417 e. The van der Waals surface area contributed by atoms with E-state index < -0.39 is 41.4 Å². The Kier molecular flexibility index (Phi) is 10.6. The number of nitriles is 1. The van der Waals surface area contributed by atoms with Crippen LogP contribution < -0.4 is 19.9 Å². The number of nitrogens with zero attached hydrogens (tertiary/aromatic N) is 6. The summed E-state index contributed by atoms with van der Waals surface area (Å²) < 4.78 is 46.2. The number of hydrogen-bond donors (Lipinski definition) is 1. The second-order valence-corrected chi connectivity index (χ2v) is 14.1. The van der Waals surface area contributed by atoms with Gasteiger partial charge in [0.15, 0.2) is 0 Å². The number of piperazine rings is 1. The number of pyridine rings is 1. The van der Waals surface area contributed by atoms with E-state index in [0.29, 0.717) is 31.3 Å². The van der Waals surface area contributed by atoms with Gasteiger partial charge in [-0.25, -0.2) is 4.98 Å². The zero-order valence-electron chi connectivity index (χ0n) is 29.6. The maximum Gasteiger partial charge on any atom is 0.417 e. The quantitative estimate of drug-likeness (QED) is 0.229. The van der Waals surface area contributed by atoms with E-state index in [0.717, 1.165) is 80.6 Å². The number of carbonyl (C=O) groups excluding carboxylic acids is 4. The Balaban J connectivity index is 0.811. The molecule has 3 saturated heterocycles. The van der Waals surface area contributed by atoms with Crippen molar-refractivity contribution < 1.29 is 37.1 Å². The molecule has 7 rings (SSSR count). The number of ether oxygens (including phenoxy) is 1. The highest BCUT2D eigenvalue weighted by Crippen LogP contribution is 2.37. The van der Waals surface area contributed by atoms with Crippen LogP contribution in [0.2, 0.25) is 0 Å². The third-order valence-electron chi connectivity index (χ3n) is 10.8. The summed E-state index contributed by atoms with van der Waals surface area (Å²) in [6.45, 7) is 5.87. The van der Waals surface area contributed by atoms with Crippen LogP contribution in [0.3, 0.4) is 0 Å². The van der Waals surface area contributed by atoms with E-state index >= 15 is 0 Å². The molecule has 5 heterocycles. The van der Waals surface area contributed by atoms with Crippen molar-refractivity contribution in [2.45, 2.75) is 56.7 Å². The number of carbonyl (C=O) groups is 4. The molecule has 1 unspecified atom stereocenters. The average Bonchev–Trinajstić information content (AvgIpc) is 3.42. The number of alkyl halides is 3. The Labute approximate surface area is 310 Å². The average molecular weight is 744 g/mol. The van der Waals surface area contributed by atoms with Crippen LogP contribution in [0.25, 0.3) is 0 Å². The minimum absolute atomic E-state index is 0.0782. The lowest BCUT2D eigenvalue weighted by atomic mass is 9.90. The number of anilines is 2. The first kappa shape index (κ1) is 36.9. The van der Waals surface area contributed by atoms with Crippen LogP contribution in [-0.4, -0.2) is 96.9 Å². The van der Waals surface area contributed by atoms with E-state index in [-0.39, 0.29) is 35.4 Å². The Bertz CT molecular complexity index is 1970. The van der Waals surface area contributed by atoms with Gasteiger partial charge < -0.3 is 14.5 Å². The number of fused-ring (bicyclic) bond motifs is 1. The van der Waals surface area contributed by atoms with Crippen LogP contribution in [0.1, 0.15) is 81.8 Å². The lowest BCUT2D eigenvalue weighted by Crippen LogP contribution is -2.54. The molecule has 0 bridgehead atoms. The van der Waals surface area contributed by atoms with Crippen molar-refractivity contribution in [1.82, 2.24) is 20.1 Å². The molecule has 0 radical (unpaired) electrons. The monoisotopic (exact) mass is 743 g/mol. The van der Waals surface area contributed by atoms with Gasteiger partial charge in [0, 0.05) is 69.3 Å². The second-order valence-electron chi connectivity index (χ2n) is 14.1. The van der Waals surface area contributed by atoms with Crippen molar-refractivity contribution in [2.75, 3.05) is 62.2 Å². The van der Waals surface area contributed by atoms with Gasteiger partial charge in [-0.15, -0.1) is 0 Å². The van der Waals surface area contributed by atoms with Gasteiger partial charge in [-0.2, -0.15) is 18.4 Å². The largest absolute Gasteiger partial charge is 0.478 e. The first-order valence-electron chi connectivity index (χ1n) is 18.3. The zero-order valence-corrected chi connectivity index (χ0v) is 29.6. The van der Waals surface area contributed by atoms with Gasteiger partial charge >= 0.3 is 6.18 Å². The van der Waals surface area contributed by atoms with Crippen LogP contribution >= 0.6 is 0 Å². The summed E-state index contributed by atoms with van der Waals surface area (Å²) >= 11 is 0. The molecule has 282 valence electrons. The van der Waals surface area contributed by atoms with Crippen LogP contribution in [0, 0.1) is 11.3 Å². The maximum atomic E-state index is 13.4. The fourth-order valence-electron chi connectivity index (χ4n) is 7.75. The van der Waals surface area contributed by atoms with Crippen molar-refractivity contribution in [1.29, 1.82) is 5.26 Å². The van der Waals surface area contributed by atoms with E-state index in [2.05, 4.69) is 20.1 Å². The fraction of sp³-hybridized carbons (Fsp3) is 0.436. The van der Waals surface area contributed by atoms with E-state index in [9.17, 15) is 32.3 Å². The van der Waals surface area contributed by atoms with Crippen molar-refractivity contribution in [3.05, 3.63) is 82.5 Å². The van der Waals surface area contributed by atoms with E-state index in [1.165, 1.54) is 6.07 Å². The summed E-state index contributed by atoms with van der Waals surface area (Å²) in [4.78, 5) is 62.2. The number of hydrogen-bond acceptors (Lipinski definition) is 10. The van der Waals surface area contributed by atoms with Crippen LogP contribution in [0.4, 0.5) is 24.5 Å². The highest BCUT2D eigenvalue weighted by molar-refractivity contribution is 6.23. The number of benzene rings is 2. The number of amides is 4. The number of halogens is 3. The van der Waals surface area contributed by atoms with Crippen molar-refractivity contribution >= 4 is 35.0 Å². The third-order valence-corrected chi connectivity index (χ3v) is 10.8. The Morgan fingerprint density at radius 2 is 1.54 bits per heavy atom. The minimum Gasteiger partial charge on any atom is -0.478 e. The first-order chi connectivity index (χ1) is 26.0. The molecule has 54 heavy (non-hydrogen) atoms. The molecule has 4 amide bonds. The molecule has 0 saturated carbocycles. The Morgan fingerprint density at radius 1 is 0.833 bits per heavy atom. The van der Waals surface area contributed by atoms with Crippen LogP contribution in [-0.2, 0) is 15.8 Å². The normalized spacial score (nSPS) is 19.9. The predicted octanol–water partition coefficient (Wildman–Crippen LogP) is 4.74. The summed E-state index contributed by atoms with van der Waals surface area (Å²) in [5.41, 5.74) is 1.68. The predicted molar refractivity (Wildman–Crippen MR) is 191 cm³/mol. The van der Waals surface area contributed by atoms with Gasteiger partial charge in [-0.1, -0.05) is 6.07 Å². The molecule has 3 aromatic rings. The molecule has 12 nitrogen and oxygen atoms in total. The van der Waals surface area contributed by atoms with Crippen molar-refractivity contribution in [3.63, 3.8) is 0 Å². The highest BCUT2D eigenvalue weighted by Gasteiger charge is 2.45. The maximum absolute atomic E-state index is 13.4. The van der Waals surface area contributed by atoms with Crippen molar-refractivity contribution in [2.24, 2.45) is 0 Å². The highest BCUT2D eigenvalue weighted by atomic mass is 19.4.